The number of amides is 1. The molecule has 4 aromatic rings. The number of nitrogens with one attached hydrogen (secondary N) is 2. The molecule has 0 aliphatic carbocycles. The molecular formula is C30H35ClN4OS. The molecule has 0 unspecified atom stereocenters. The van der Waals surface area contributed by atoms with Gasteiger partial charge in [-0.15, -0.1) is 0 Å². The van der Waals surface area contributed by atoms with Crippen LogP contribution >= 0.6 is 23.5 Å². The molecule has 0 saturated carbocycles. The van der Waals surface area contributed by atoms with Gasteiger partial charge in [0.25, 0.3) is 5.91 Å². The Morgan fingerprint density at radius 1 is 1.03 bits per heavy atom. The largest absolute Gasteiger partial charge is 0.346 e. The molecule has 1 amide bonds. The van der Waals surface area contributed by atoms with Crippen molar-refractivity contribution in [3.05, 3.63) is 77.4 Å². The Labute approximate surface area is 229 Å². The fraction of sp³-hybridized carbons (Fsp3) is 0.333. The Morgan fingerprint density at radius 3 is 2.59 bits per heavy atom. The zero-order valence-corrected chi connectivity index (χ0v) is 23.2. The summed E-state index contributed by atoms with van der Waals surface area (Å²) in [7, 11) is 0. The Kier molecular flexibility index (Phi) is 9.92. The summed E-state index contributed by atoms with van der Waals surface area (Å²) in [5.41, 5.74) is 4.77. The maximum Gasteiger partial charge on any atom is 0.255 e. The molecule has 7 heteroatoms. The summed E-state index contributed by atoms with van der Waals surface area (Å²) in [5.74, 6) is 0.994. The predicted molar refractivity (Wildman–Crippen MR) is 160 cm³/mol. The number of nitrogens with zero attached hydrogens (tertiary/aromatic N) is 2. The zero-order valence-electron chi connectivity index (χ0n) is 21.6. The molecule has 5 nitrogen and oxygen atoms in total. The van der Waals surface area contributed by atoms with Crippen LogP contribution in [0.5, 0.6) is 0 Å². The van der Waals surface area contributed by atoms with Crippen molar-refractivity contribution in [3.63, 3.8) is 0 Å². The van der Waals surface area contributed by atoms with Gasteiger partial charge in [0, 0.05) is 46.4 Å². The molecule has 1 aliphatic rings. The fourth-order valence-electron chi connectivity index (χ4n) is 4.19. The van der Waals surface area contributed by atoms with E-state index in [9.17, 15) is 4.79 Å². The smallest absolute Gasteiger partial charge is 0.255 e. The number of pyridine rings is 1. The average Bonchev–Trinajstić information content (AvgIpc) is 3.22. The molecule has 0 bridgehead atoms. The minimum absolute atomic E-state index is 0.152. The summed E-state index contributed by atoms with van der Waals surface area (Å²) < 4.78 is 2.33. The van der Waals surface area contributed by atoms with Crippen LogP contribution in [0.4, 0.5) is 11.4 Å². The van der Waals surface area contributed by atoms with Crippen LogP contribution in [0.2, 0.25) is 5.02 Å². The van der Waals surface area contributed by atoms with Gasteiger partial charge in [-0.1, -0.05) is 51.1 Å². The van der Waals surface area contributed by atoms with Gasteiger partial charge in [0.05, 0.1) is 10.7 Å². The van der Waals surface area contributed by atoms with Crippen molar-refractivity contribution in [1.29, 1.82) is 0 Å². The molecule has 3 heterocycles. The highest BCUT2D eigenvalue weighted by Crippen LogP contribution is 2.31. The number of rotatable bonds is 6. The Hall–Kier alpha value is -2.96. The van der Waals surface area contributed by atoms with Crippen LogP contribution in [-0.2, 0) is 0 Å². The molecule has 194 valence electrons. The van der Waals surface area contributed by atoms with Crippen LogP contribution in [-0.4, -0.2) is 28.2 Å². The van der Waals surface area contributed by atoms with Crippen LogP contribution in [0.15, 0.2) is 66.9 Å². The molecule has 37 heavy (non-hydrogen) atoms. The third-order valence-corrected chi connectivity index (χ3v) is 7.79. The molecule has 5 rings (SSSR count). The van der Waals surface area contributed by atoms with E-state index in [1.54, 1.807) is 12.1 Å². The first-order valence-electron chi connectivity index (χ1n) is 13.1. The van der Waals surface area contributed by atoms with Gasteiger partial charge in [-0.25, -0.2) is 4.98 Å². The lowest BCUT2D eigenvalue weighted by atomic mass is 10.1. The van der Waals surface area contributed by atoms with E-state index in [4.69, 9.17) is 11.6 Å². The summed E-state index contributed by atoms with van der Waals surface area (Å²) in [6.07, 6.45) is 9.68. The second-order valence-corrected chi connectivity index (χ2v) is 10.7. The highest BCUT2D eigenvalue weighted by Gasteiger charge is 2.14. The van der Waals surface area contributed by atoms with Gasteiger partial charge in [0.15, 0.2) is 0 Å². The van der Waals surface area contributed by atoms with Crippen molar-refractivity contribution >= 4 is 51.9 Å². The van der Waals surface area contributed by atoms with E-state index in [1.165, 1.54) is 38.5 Å². The molecule has 1 fully saturated rings. The minimum Gasteiger partial charge on any atom is -0.346 e. The molecule has 1 saturated heterocycles. The number of unbranched alkanes of at least 4 members (excludes halogenated alkanes) is 2. The van der Waals surface area contributed by atoms with E-state index in [0.717, 1.165) is 40.3 Å². The van der Waals surface area contributed by atoms with Gasteiger partial charge in [0.1, 0.15) is 5.65 Å². The first-order chi connectivity index (χ1) is 18.1. The molecule has 0 spiro atoms. The third kappa shape index (κ3) is 7.30. The summed E-state index contributed by atoms with van der Waals surface area (Å²) in [6.45, 7) is 5.47. The van der Waals surface area contributed by atoms with Gasteiger partial charge in [-0.05, 0) is 85.5 Å². The number of H-pyrrole nitrogens is 1. The lowest BCUT2D eigenvalue weighted by Gasteiger charge is -2.21. The van der Waals surface area contributed by atoms with Gasteiger partial charge < -0.3 is 14.6 Å². The number of aromatic nitrogens is 2. The van der Waals surface area contributed by atoms with Crippen LogP contribution in [0.25, 0.3) is 22.3 Å². The van der Waals surface area contributed by atoms with Crippen LogP contribution in [0.1, 0.15) is 62.7 Å². The third-order valence-electron chi connectivity index (χ3n) is 6.29. The van der Waals surface area contributed by atoms with E-state index in [-0.39, 0.29) is 5.91 Å². The summed E-state index contributed by atoms with van der Waals surface area (Å²) in [4.78, 5) is 20.6. The lowest BCUT2D eigenvalue weighted by molar-refractivity contribution is 0.102. The van der Waals surface area contributed by atoms with Gasteiger partial charge in [-0.2, -0.15) is 0 Å². The Bertz CT molecular complexity index is 1290. The number of hydrogen-bond donors (Lipinski definition) is 2. The number of benzene rings is 2. The quantitative estimate of drug-likeness (QED) is 0.242. The van der Waals surface area contributed by atoms with E-state index >= 15 is 0 Å². The lowest BCUT2D eigenvalue weighted by Crippen LogP contribution is -2.15. The molecule has 0 atom stereocenters. The number of anilines is 2. The molecule has 1 aliphatic heterocycles. The second kappa shape index (κ2) is 13.5. The fourth-order valence-corrected chi connectivity index (χ4v) is 5.49. The van der Waals surface area contributed by atoms with Crippen molar-refractivity contribution in [1.82, 2.24) is 9.97 Å². The van der Waals surface area contributed by atoms with E-state index in [1.807, 2.05) is 66.7 Å². The molecule has 0 radical (unpaired) electrons. The highest BCUT2D eigenvalue weighted by molar-refractivity contribution is 8.00. The number of fused-ring (bicyclic) bond motifs is 1. The maximum absolute atomic E-state index is 12.8. The van der Waals surface area contributed by atoms with Crippen LogP contribution < -0.4 is 9.62 Å². The van der Waals surface area contributed by atoms with Gasteiger partial charge in [-0.3, -0.25) is 4.79 Å². The average molecular weight is 535 g/mol. The van der Waals surface area contributed by atoms with Crippen molar-refractivity contribution in [2.24, 2.45) is 0 Å². The minimum atomic E-state index is -0.152. The molecule has 2 N–H and O–H groups in total. The molecule has 2 aromatic heterocycles. The zero-order chi connectivity index (χ0) is 26.0. The number of hydrogen-bond acceptors (Lipinski definition) is 4. The Morgan fingerprint density at radius 2 is 1.84 bits per heavy atom. The first-order valence-corrected chi connectivity index (χ1v) is 14.5. The monoisotopic (exact) mass is 534 g/mol. The van der Waals surface area contributed by atoms with E-state index in [2.05, 4.69) is 33.4 Å². The number of carbonyl (C=O) groups excluding carboxylic acids is 1. The normalized spacial score (nSPS) is 13.5. The summed E-state index contributed by atoms with van der Waals surface area (Å²) in [6, 6.07) is 19.2. The van der Waals surface area contributed by atoms with Gasteiger partial charge in [0.2, 0.25) is 0 Å². The number of carbonyl (C=O) groups is 1. The van der Waals surface area contributed by atoms with Crippen LogP contribution in [0.3, 0.4) is 0 Å². The topological polar surface area (TPSA) is 61.0 Å². The number of aromatic amines is 1. The SMILES string of the molecule is CCCCC.O=C(Nc1ccc(Cl)c(-c2ccc3cc[nH]c3n2)c1)c1ccc(N2CCCCCS2)cc1. The van der Waals surface area contributed by atoms with E-state index in [0.29, 0.717) is 16.3 Å². The van der Waals surface area contributed by atoms with Crippen molar-refractivity contribution in [2.75, 3.05) is 21.9 Å². The summed E-state index contributed by atoms with van der Waals surface area (Å²) in [5, 5.41) is 4.61. The van der Waals surface area contributed by atoms with Crippen molar-refractivity contribution in [3.8, 4) is 11.3 Å². The number of halogens is 1. The van der Waals surface area contributed by atoms with Gasteiger partial charge >= 0.3 is 0 Å². The van der Waals surface area contributed by atoms with Crippen LogP contribution in [0, 0.1) is 0 Å². The second-order valence-electron chi connectivity index (χ2n) is 9.16. The van der Waals surface area contributed by atoms with E-state index < -0.39 is 0 Å². The first kappa shape index (κ1) is 27.1. The Balaban J connectivity index is 0.000000586. The molecular weight excluding hydrogens is 500 g/mol. The standard InChI is InChI=1S/C25H23ClN4OS.C5H12/c26-22-10-7-19(16-21(22)23-11-6-17-12-13-27-24(17)29-23)28-25(31)18-4-8-20(9-5-18)30-14-2-1-3-15-32-30;1-3-5-4-2/h4-13,16H,1-3,14-15H2,(H,27,29)(H,28,31);3-5H2,1-2H3. The van der Waals surface area contributed by atoms with Crippen molar-refractivity contribution < 1.29 is 4.79 Å². The predicted octanol–water partition coefficient (Wildman–Crippen LogP) is 8.97. The summed E-state index contributed by atoms with van der Waals surface area (Å²) >= 11 is 8.31. The molecule has 2 aromatic carbocycles. The van der Waals surface area contributed by atoms with Crippen molar-refractivity contribution in [2.45, 2.75) is 52.4 Å². The maximum atomic E-state index is 12.8. The highest BCUT2D eigenvalue weighted by atomic mass is 35.5.